The highest BCUT2D eigenvalue weighted by molar-refractivity contribution is 6.34. The maximum Gasteiger partial charge on any atom is 0.349 e. The van der Waals surface area contributed by atoms with E-state index in [-0.39, 0.29) is 5.75 Å². The molecule has 0 aliphatic carbocycles. The van der Waals surface area contributed by atoms with Crippen LogP contribution in [0.1, 0.15) is 11.7 Å². The highest BCUT2D eigenvalue weighted by Gasteiger charge is 2.22. The van der Waals surface area contributed by atoms with Gasteiger partial charge in [-0.2, -0.15) is 0 Å². The van der Waals surface area contributed by atoms with Crippen LogP contribution in [-0.2, 0) is 4.79 Å². The molecule has 0 saturated heterocycles. The Morgan fingerprint density at radius 3 is 2.10 bits per heavy atom. The summed E-state index contributed by atoms with van der Waals surface area (Å²) in [5.74, 6) is -0.194. The van der Waals surface area contributed by atoms with E-state index in [4.69, 9.17) is 32.7 Å². The van der Waals surface area contributed by atoms with Crippen LogP contribution in [0, 0.1) is 0 Å². The molecule has 0 aromatic heterocycles. The predicted octanol–water partition coefficient (Wildman–Crippen LogP) is 4.21. The van der Waals surface area contributed by atoms with Crippen molar-refractivity contribution in [2.75, 3.05) is 7.11 Å². The van der Waals surface area contributed by atoms with E-state index in [0.717, 1.165) is 0 Å². The number of halogens is 2. The van der Waals surface area contributed by atoms with Crippen molar-refractivity contribution >= 4 is 29.2 Å². The van der Waals surface area contributed by atoms with Gasteiger partial charge in [0.05, 0.1) is 7.11 Å². The third kappa shape index (κ3) is 4.03. The molecule has 4 nitrogen and oxygen atoms in total. The first kappa shape index (κ1) is 15.5. The fraction of sp³-hybridized carbons (Fsp3) is 0.133. The van der Waals surface area contributed by atoms with Crippen LogP contribution in [0.2, 0.25) is 10.0 Å². The summed E-state index contributed by atoms with van der Waals surface area (Å²) in [6, 6.07) is 11.1. The highest BCUT2D eigenvalue weighted by atomic mass is 35.5. The van der Waals surface area contributed by atoms with Gasteiger partial charge in [-0.15, -0.1) is 0 Å². The van der Waals surface area contributed by atoms with Crippen molar-refractivity contribution < 1.29 is 19.4 Å². The monoisotopic (exact) mass is 326 g/mol. The fourth-order valence-electron chi connectivity index (χ4n) is 1.77. The molecule has 2 rings (SSSR count). The standard InChI is InChI=1S/C15H12Cl2O4/c1-20-12-4-2-9(3-5-12)14(15(18)19)21-13-7-10(16)6-11(17)8-13/h2-8,14H,1H3,(H,18,19). The van der Waals surface area contributed by atoms with Gasteiger partial charge in [0.1, 0.15) is 11.5 Å². The minimum absolute atomic E-state index is 0.288. The Morgan fingerprint density at radius 1 is 1.05 bits per heavy atom. The van der Waals surface area contributed by atoms with Gasteiger partial charge >= 0.3 is 5.97 Å². The van der Waals surface area contributed by atoms with Crippen molar-refractivity contribution in [2.45, 2.75) is 6.10 Å². The Labute approximate surface area is 131 Å². The number of ether oxygens (including phenoxy) is 2. The van der Waals surface area contributed by atoms with Gasteiger partial charge in [-0.3, -0.25) is 0 Å². The minimum Gasteiger partial charge on any atom is -0.497 e. The summed E-state index contributed by atoms with van der Waals surface area (Å²) >= 11 is 11.7. The Kier molecular flexibility index (Phi) is 4.94. The van der Waals surface area contributed by atoms with Crippen molar-refractivity contribution in [3.63, 3.8) is 0 Å². The lowest BCUT2D eigenvalue weighted by Crippen LogP contribution is -2.18. The number of methoxy groups -OCH3 is 1. The average molecular weight is 327 g/mol. The zero-order valence-electron chi connectivity index (χ0n) is 11.0. The van der Waals surface area contributed by atoms with E-state index in [0.29, 0.717) is 21.4 Å². The molecule has 0 radical (unpaired) electrons. The first-order chi connectivity index (χ1) is 9.99. The van der Waals surface area contributed by atoms with Crippen molar-refractivity contribution in [1.29, 1.82) is 0 Å². The van der Waals surface area contributed by atoms with Gasteiger partial charge in [-0.25, -0.2) is 4.79 Å². The van der Waals surface area contributed by atoms with Crippen LogP contribution >= 0.6 is 23.2 Å². The van der Waals surface area contributed by atoms with E-state index in [1.54, 1.807) is 30.3 Å². The molecule has 1 atom stereocenters. The molecule has 0 aliphatic rings. The second-order valence-corrected chi connectivity index (χ2v) is 5.09. The molecule has 2 aromatic rings. The van der Waals surface area contributed by atoms with Gasteiger partial charge in [-0.05, 0) is 30.3 Å². The molecule has 2 aromatic carbocycles. The van der Waals surface area contributed by atoms with Gasteiger partial charge in [0.15, 0.2) is 0 Å². The lowest BCUT2D eigenvalue weighted by Gasteiger charge is -2.16. The second kappa shape index (κ2) is 6.70. The number of hydrogen-bond donors (Lipinski definition) is 1. The van der Waals surface area contributed by atoms with Gasteiger partial charge in [0.2, 0.25) is 6.10 Å². The Morgan fingerprint density at radius 2 is 1.62 bits per heavy atom. The summed E-state index contributed by atoms with van der Waals surface area (Å²) in [6.45, 7) is 0. The molecule has 0 bridgehead atoms. The van der Waals surface area contributed by atoms with Gasteiger partial charge < -0.3 is 14.6 Å². The Bertz CT molecular complexity index is 620. The maximum atomic E-state index is 11.4. The van der Waals surface area contributed by atoms with Crippen LogP contribution in [-0.4, -0.2) is 18.2 Å². The van der Waals surface area contributed by atoms with E-state index in [1.807, 2.05) is 0 Å². The number of rotatable bonds is 5. The third-order valence-corrected chi connectivity index (χ3v) is 3.17. The third-order valence-electron chi connectivity index (χ3n) is 2.73. The topological polar surface area (TPSA) is 55.8 Å². The molecule has 0 amide bonds. The van der Waals surface area contributed by atoms with Gasteiger partial charge in [-0.1, -0.05) is 35.3 Å². The quantitative estimate of drug-likeness (QED) is 0.894. The molecule has 0 aliphatic heterocycles. The smallest absolute Gasteiger partial charge is 0.349 e. The number of carbonyl (C=O) groups is 1. The van der Waals surface area contributed by atoms with Crippen LogP contribution in [0.25, 0.3) is 0 Å². The van der Waals surface area contributed by atoms with E-state index in [9.17, 15) is 9.90 Å². The summed E-state index contributed by atoms with van der Waals surface area (Å²) in [5.41, 5.74) is 0.486. The molecule has 21 heavy (non-hydrogen) atoms. The molecule has 0 saturated carbocycles. The zero-order chi connectivity index (χ0) is 15.4. The summed E-state index contributed by atoms with van der Waals surface area (Å²) in [5, 5.41) is 10.1. The number of hydrogen-bond acceptors (Lipinski definition) is 3. The van der Waals surface area contributed by atoms with Crippen LogP contribution in [0.5, 0.6) is 11.5 Å². The molecule has 0 heterocycles. The zero-order valence-corrected chi connectivity index (χ0v) is 12.6. The molecule has 1 unspecified atom stereocenters. The molecule has 1 N–H and O–H groups in total. The largest absolute Gasteiger partial charge is 0.497 e. The molecular weight excluding hydrogens is 315 g/mol. The number of benzene rings is 2. The van der Waals surface area contributed by atoms with Crippen molar-refractivity contribution in [3.05, 3.63) is 58.1 Å². The first-order valence-corrected chi connectivity index (χ1v) is 6.74. The fourth-order valence-corrected chi connectivity index (χ4v) is 2.28. The average Bonchev–Trinajstić information content (AvgIpc) is 2.43. The predicted molar refractivity (Wildman–Crippen MR) is 80.5 cm³/mol. The van der Waals surface area contributed by atoms with Crippen LogP contribution in [0.4, 0.5) is 0 Å². The summed E-state index contributed by atoms with van der Waals surface area (Å²) in [6.07, 6.45) is -1.16. The maximum absolute atomic E-state index is 11.4. The van der Waals surface area contributed by atoms with Crippen molar-refractivity contribution in [1.82, 2.24) is 0 Å². The van der Waals surface area contributed by atoms with E-state index in [2.05, 4.69) is 0 Å². The number of carboxylic acid groups (broad SMARTS) is 1. The molecule has 110 valence electrons. The normalized spacial score (nSPS) is 11.8. The van der Waals surface area contributed by atoms with Crippen LogP contribution in [0.3, 0.4) is 0 Å². The Hall–Kier alpha value is -1.91. The minimum atomic E-state index is -1.16. The van der Waals surface area contributed by atoms with Gasteiger partial charge in [0, 0.05) is 15.6 Å². The first-order valence-electron chi connectivity index (χ1n) is 5.99. The molecular formula is C15H12Cl2O4. The van der Waals surface area contributed by atoms with E-state index in [1.165, 1.54) is 19.2 Å². The molecule has 6 heteroatoms. The van der Waals surface area contributed by atoms with Crippen molar-refractivity contribution in [2.24, 2.45) is 0 Å². The SMILES string of the molecule is COc1ccc(C(Oc2cc(Cl)cc(Cl)c2)C(=O)O)cc1. The van der Waals surface area contributed by atoms with Crippen LogP contribution < -0.4 is 9.47 Å². The van der Waals surface area contributed by atoms with E-state index < -0.39 is 12.1 Å². The summed E-state index contributed by atoms with van der Waals surface area (Å²) in [4.78, 5) is 11.4. The van der Waals surface area contributed by atoms with Gasteiger partial charge in [0.25, 0.3) is 0 Å². The lowest BCUT2D eigenvalue weighted by molar-refractivity contribution is -0.145. The summed E-state index contributed by atoms with van der Waals surface area (Å²) < 4.78 is 10.5. The highest BCUT2D eigenvalue weighted by Crippen LogP contribution is 2.29. The second-order valence-electron chi connectivity index (χ2n) is 4.21. The van der Waals surface area contributed by atoms with Crippen molar-refractivity contribution in [3.8, 4) is 11.5 Å². The number of carboxylic acids is 1. The van der Waals surface area contributed by atoms with Crippen LogP contribution in [0.15, 0.2) is 42.5 Å². The lowest BCUT2D eigenvalue weighted by atomic mass is 10.1. The molecule has 0 fully saturated rings. The van der Waals surface area contributed by atoms with E-state index >= 15 is 0 Å². The molecule has 0 spiro atoms. The number of aliphatic carboxylic acids is 1. The Balaban J connectivity index is 2.28. The summed E-state index contributed by atoms with van der Waals surface area (Å²) in [7, 11) is 1.54.